The molecule has 1 heterocycles. The van der Waals surface area contributed by atoms with Crippen LogP contribution in [0.15, 0.2) is 41.4 Å². The van der Waals surface area contributed by atoms with Gasteiger partial charge >= 0.3 is 0 Å². The maximum Gasteiger partial charge on any atom is 0.257 e. The smallest absolute Gasteiger partial charge is 0.257 e. The van der Waals surface area contributed by atoms with Crippen LogP contribution in [0, 0.1) is 6.92 Å². The molecule has 1 aliphatic rings. The maximum atomic E-state index is 12.5. The molecule has 0 aromatic heterocycles. The van der Waals surface area contributed by atoms with Crippen LogP contribution in [-0.2, 0) is 4.79 Å². The number of rotatable bonds is 5. The summed E-state index contributed by atoms with van der Waals surface area (Å²) in [5.74, 6) is 0.827. The van der Waals surface area contributed by atoms with Gasteiger partial charge in [0.1, 0.15) is 0 Å². The van der Waals surface area contributed by atoms with Crippen LogP contribution in [0.4, 0.5) is 0 Å². The summed E-state index contributed by atoms with van der Waals surface area (Å²) in [7, 11) is 4.55. The lowest BCUT2D eigenvalue weighted by Crippen LogP contribution is -2.47. The van der Waals surface area contributed by atoms with Crippen LogP contribution in [0.25, 0.3) is 0 Å². The number of hydrogen-bond donors (Lipinski definition) is 2. The fourth-order valence-corrected chi connectivity index (χ4v) is 3.19. The van der Waals surface area contributed by atoms with E-state index in [0.29, 0.717) is 28.4 Å². The Balaban J connectivity index is 1.92. The molecular weight excluding hydrogens is 374 g/mol. The average molecular weight is 397 g/mol. The summed E-state index contributed by atoms with van der Waals surface area (Å²) in [6, 6.07) is 10.1. The molecule has 29 heavy (non-hydrogen) atoms. The highest BCUT2D eigenvalue weighted by Crippen LogP contribution is 2.43. The van der Waals surface area contributed by atoms with Crippen molar-refractivity contribution in [3.05, 3.63) is 53.1 Å². The van der Waals surface area contributed by atoms with E-state index in [1.807, 2.05) is 13.0 Å². The Morgan fingerprint density at radius 2 is 1.86 bits per heavy atom. The molecule has 0 bridgehead atoms. The summed E-state index contributed by atoms with van der Waals surface area (Å²) in [6.07, 6.45) is 0.107. The van der Waals surface area contributed by atoms with Crippen LogP contribution in [0.3, 0.4) is 0 Å². The van der Waals surface area contributed by atoms with E-state index in [1.54, 1.807) is 30.3 Å². The standard InChI is InChI=1S/C21H23N3O5/c1-12-6-5-7-13(10-12)20(26)24-21-22-15(11-17(25)23-21)14-8-9-16(27-2)19(29-4)18(14)28-3/h5-10,15H,11H2,1-4H3,(H2,22,23,24,25,26). The van der Waals surface area contributed by atoms with Gasteiger partial charge in [0.05, 0.1) is 33.8 Å². The van der Waals surface area contributed by atoms with Gasteiger partial charge in [0.2, 0.25) is 17.6 Å². The minimum atomic E-state index is -0.550. The lowest BCUT2D eigenvalue weighted by atomic mass is 10.0. The molecule has 152 valence electrons. The SMILES string of the molecule is COc1ccc(C2CC(=O)NC(NC(=O)c3cccc(C)c3)=N2)c(OC)c1OC. The number of guanidine groups is 1. The highest BCUT2D eigenvalue weighted by molar-refractivity contribution is 6.10. The number of methoxy groups -OCH3 is 3. The molecule has 8 heteroatoms. The van der Waals surface area contributed by atoms with Crippen molar-refractivity contribution in [1.82, 2.24) is 10.6 Å². The van der Waals surface area contributed by atoms with Crippen molar-refractivity contribution in [2.24, 2.45) is 4.99 Å². The number of carbonyl (C=O) groups is 2. The van der Waals surface area contributed by atoms with E-state index in [9.17, 15) is 9.59 Å². The molecule has 8 nitrogen and oxygen atoms in total. The predicted octanol–water partition coefficient (Wildman–Crippen LogP) is 2.37. The molecule has 0 saturated carbocycles. The van der Waals surface area contributed by atoms with Crippen molar-refractivity contribution in [2.75, 3.05) is 21.3 Å². The van der Waals surface area contributed by atoms with Gasteiger partial charge in [-0.2, -0.15) is 0 Å². The second kappa shape index (κ2) is 8.64. The highest BCUT2D eigenvalue weighted by atomic mass is 16.5. The summed E-state index contributed by atoms with van der Waals surface area (Å²) in [5.41, 5.74) is 2.09. The Morgan fingerprint density at radius 3 is 2.52 bits per heavy atom. The molecule has 2 aromatic rings. The minimum absolute atomic E-state index is 0.0922. The van der Waals surface area contributed by atoms with Crippen molar-refractivity contribution >= 4 is 17.8 Å². The van der Waals surface area contributed by atoms with Crippen LogP contribution in [-0.4, -0.2) is 39.1 Å². The van der Waals surface area contributed by atoms with Crippen LogP contribution >= 0.6 is 0 Å². The predicted molar refractivity (Wildman–Crippen MR) is 108 cm³/mol. The number of amides is 2. The van der Waals surface area contributed by atoms with Crippen LogP contribution in [0.5, 0.6) is 17.2 Å². The molecule has 2 amide bonds. The van der Waals surface area contributed by atoms with E-state index < -0.39 is 6.04 Å². The molecule has 1 unspecified atom stereocenters. The van der Waals surface area contributed by atoms with E-state index in [0.717, 1.165) is 5.56 Å². The second-order valence-corrected chi connectivity index (χ2v) is 6.49. The van der Waals surface area contributed by atoms with Crippen LogP contribution in [0.2, 0.25) is 0 Å². The zero-order chi connectivity index (χ0) is 21.0. The van der Waals surface area contributed by atoms with E-state index in [-0.39, 0.29) is 24.2 Å². The van der Waals surface area contributed by atoms with E-state index >= 15 is 0 Å². The molecule has 3 rings (SSSR count). The van der Waals surface area contributed by atoms with Crippen molar-refractivity contribution in [3.63, 3.8) is 0 Å². The number of aryl methyl sites for hydroxylation is 1. The van der Waals surface area contributed by atoms with Crippen molar-refractivity contribution in [2.45, 2.75) is 19.4 Å². The zero-order valence-corrected chi connectivity index (χ0v) is 16.7. The Labute approximate surface area is 168 Å². The molecule has 2 N–H and O–H groups in total. The first kappa shape index (κ1) is 20.2. The van der Waals surface area contributed by atoms with Gasteiger partial charge in [0.15, 0.2) is 11.5 Å². The summed E-state index contributed by atoms with van der Waals surface area (Å²) in [5, 5.41) is 5.27. The first-order valence-electron chi connectivity index (χ1n) is 9.01. The Bertz CT molecular complexity index is 971. The maximum absolute atomic E-state index is 12.5. The van der Waals surface area contributed by atoms with Gasteiger partial charge in [-0.1, -0.05) is 17.7 Å². The third kappa shape index (κ3) is 4.31. The number of carbonyl (C=O) groups excluding carboxylic acids is 2. The summed E-state index contributed by atoms with van der Waals surface area (Å²) in [6.45, 7) is 1.90. The highest BCUT2D eigenvalue weighted by Gasteiger charge is 2.28. The molecule has 0 radical (unpaired) electrons. The topological polar surface area (TPSA) is 98.3 Å². The van der Waals surface area contributed by atoms with Crippen LogP contribution in [0.1, 0.15) is 33.9 Å². The quantitative estimate of drug-likeness (QED) is 0.807. The van der Waals surface area contributed by atoms with Gasteiger partial charge in [0.25, 0.3) is 5.91 Å². The van der Waals surface area contributed by atoms with E-state index in [4.69, 9.17) is 14.2 Å². The average Bonchev–Trinajstić information content (AvgIpc) is 2.71. The zero-order valence-electron chi connectivity index (χ0n) is 16.7. The second-order valence-electron chi connectivity index (χ2n) is 6.49. The molecule has 0 saturated heterocycles. The van der Waals surface area contributed by atoms with Gasteiger partial charge in [0, 0.05) is 11.1 Å². The molecule has 1 aliphatic heterocycles. The van der Waals surface area contributed by atoms with E-state index in [2.05, 4.69) is 15.6 Å². The number of nitrogens with zero attached hydrogens (tertiary/aromatic N) is 1. The first-order valence-corrected chi connectivity index (χ1v) is 9.01. The fourth-order valence-electron chi connectivity index (χ4n) is 3.19. The van der Waals surface area contributed by atoms with Crippen molar-refractivity contribution in [3.8, 4) is 17.2 Å². The van der Waals surface area contributed by atoms with Gasteiger partial charge in [-0.05, 0) is 31.2 Å². The molecule has 2 aromatic carbocycles. The fraction of sp³-hybridized carbons (Fsp3) is 0.286. The molecule has 0 fully saturated rings. The monoisotopic (exact) mass is 397 g/mol. The number of hydrogen-bond acceptors (Lipinski definition) is 6. The molecular formula is C21H23N3O5. The lowest BCUT2D eigenvalue weighted by molar-refractivity contribution is -0.120. The normalized spacial score (nSPS) is 15.8. The van der Waals surface area contributed by atoms with Crippen LogP contribution < -0.4 is 24.8 Å². The molecule has 0 aliphatic carbocycles. The van der Waals surface area contributed by atoms with Crippen molar-refractivity contribution in [1.29, 1.82) is 0 Å². The molecule has 1 atom stereocenters. The summed E-state index contributed by atoms with van der Waals surface area (Å²) >= 11 is 0. The van der Waals surface area contributed by atoms with Gasteiger partial charge in [-0.15, -0.1) is 0 Å². The summed E-state index contributed by atoms with van der Waals surface area (Å²) in [4.78, 5) is 29.3. The lowest BCUT2D eigenvalue weighted by Gasteiger charge is -2.24. The van der Waals surface area contributed by atoms with E-state index in [1.165, 1.54) is 21.3 Å². The Kier molecular flexibility index (Phi) is 6.01. The first-order chi connectivity index (χ1) is 14.0. The van der Waals surface area contributed by atoms with Gasteiger partial charge in [-0.3, -0.25) is 20.2 Å². The third-order valence-corrected chi connectivity index (χ3v) is 4.53. The minimum Gasteiger partial charge on any atom is -0.493 e. The number of aliphatic imine (C=N–C) groups is 1. The Hall–Kier alpha value is -3.55. The van der Waals surface area contributed by atoms with Gasteiger partial charge < -0.3 is 14.2 Å². The van der Waals surface area contributed by atoms with Crippen molar-refractivity contribution < 1.29 is 23.8 Å². The summed E-state index contributed by atoms with van der Waals surface area (Å²) < 4.78 is 16.2. The third-order valence-electron chi connectivity index (χ3n) is 4.53. The largest absolute Gasteiger partial charge is 0.493 e. The molecule has 0 spiro atoms. The number of benzene rings is 2. The number of ether oxygens (including phenoxy) is 3. The van der Waals surface area contributed by atoms with Gasteiger partial charge in [-0.25, -0.2) is 4.99 Å². The number of nitrogens with one attached hydrogen (secondary N) is 2. The Morgan fingerprint density at radius 1 is 1.10 bits per heavy atom.